The molecular weight excluding hydrogens is 619 g/mol. The lowest BCUT2D eigenvalue weighted by molar-refractivity contribution is -0.664. The van der Waals surface area contributed by atoms with Gasteiger partial charge in [-0.3, -0.25) is 4.52 Å². The molecule has 0 amide bonds. The van der Waals surface area contributed by atoms with Crippen molar-refractivity contribution >= 4 is 7.82 Å². The van der Waals surface area contributed by atoms with Crippen molar-refractivity contribution in [2.24, 2.45) is 34.5 Å². The molecule has 12 nitrogen and oxygen atoms in total. The third-order valence-electron chi connectivity index (χ3n) is 12.1. The summed E-state index contributed by atoms with van der Waals surface area (Å²) in [6.45, 7) is 13.6. The normalized spacial score (nSPS) is 43.7. The van der Waals surface area contributed by atoms with Gasteiger partial charge in [0.1, 0.15) is 0 Å². The molecule has 0 bridgehead atoms. The molecular formula is C33H57O12P. The lowest BCUT2D eigenvalue weighted by Crippen LogP contribution is -2.55. The number of hydrogen-bond donors (Lipinski definition) is 2. The highest BCUT2D eigenvalue weighted by Gasteiger charge is 2.56. The fraction of sp³-hybridized carbons (Fsp3) is 1.00. The minimum Gasteiger partial charge on any atom is -0.303 e. The van der Waals surface area contributed by atoms with Crippen LogP contribution < -0.4 is 0 Å². The summed E-state index contributed by atoms with van der Waals surface area (Å²) in [6.07, 6.45) is 10.2. The summed E-state index contributed by atoms with van der Waals surface area (Å²) in [7, 11) is -4.74. The average molecular weight is 677 g/mol. The van der Waals surface area contributed by atoms with Gasteiger partial charge >= 0.3 is 7.82 Å². The van der Waals surface area contributed by atoms with E-state index in [2.05, 4.69) is 41.5 Å². The zero-order valence-corrected chi connectivity index (χ0v) is 29.5. The largest absolute Gasteiger partial charge is 0.469 e. The van der Waals surface area contributed by atoms with Crippen LogP contribution in [0.5, 0.6) is 0 Å². The van der Waals surface area contributed by atoms with E-state index in [0.717, 1.165) is 25.7 Å². The van der Waals surface area contributed by atoms with E-state index in [-0.39, 0.29) is 22.7 Å². The second-order valence-corrected chi connectivity index (χ2v) is 18.5. The second kappa shape index (κ2) is 12.8. The number of hydrogen-bond acceptors (Lipinski definition) is 10. The Kier molecular flexibility index (Phi) is 9.94. The van der Waals surface area contributed by atoms with Gasteiger partial charge in [0, 0.05) is 51.4 Å². The van der Waals surface area contributed by atoms with Crippen LogP contribution in [-0.4, -0.2) is 39.0 Å². The Morgan fingerprint density at radius 2 is 0.761 bits per heavy atom. The summed E-state index contributed by atoms with van der Waals surface area (Å²) in [6, 6.07) is 0. The van der Waals surface area contributed by atoms with Crippen LogP contribution >= 0.6 is 7.82 Å². The molecule has 266 valence electrons. The summed E-state index contributed by atoms with van der Waals surface area (Å²) in [5, 5.41) is 0. The number of phosphoric acid groups is 1. The van der Waals surface area contributed by atoms with Gasteiger partial charge in [-0.2, -0.15) is 39.1 Å². The lowest BCUT2D eigenvalue weighted by atomic mass is 9.71. The highest BCUT2D eigenvalue weighted by atomic mass is 31.2. The van der Waals surface area contributed by atoms with Crippen molar-refractivity contribution in [1.82, 2.24) is 0 Å². The third kappa shape index (κ3) is 7.89. The topological polar surface area (TPSA) is 141 Å². The van der Waals surface area contributed by atoms with E-state index in [1.807, 2.05) is 0 Å². The van der Waals surface area contributed by atoms with Gasteiger partial charge < -0.3 is 9.79 Å². The van der Waals surface area contributed by atoms with Gasteiger partial charge in [-0.1, -0.05) is 41.5 Å². The van der Waals surface area contributed by atoms with Gasteiger partial charge in [0.2, 0.25) is 23.1 Å². The molecule has 4 saturated carbocycles. The Hall–Kier alpha value is -0.210. The van der Waals surface area contributed by atoms with Gasteiger partial charge in [0.05, 0.1) is 6.10 Å². The summed E-state index contributed by atoms with van der Waals surface area (Å²) in [5.41, 5.74) is 0.461. The Morgan fingerprint density at radius 3 is 0.978 bits per heavy atom. The van der Waals surface area contributed by atoms with Crippen molar-refractivity contribution in [1.29, 1.82) is 0 Å². The van der Waals surface area contributed by atoms with Gasteiger partial charge in [-0.05, 0) is 85.9 Å². The molecule has 2 saturated heterocycles. The Bertz CT molecular complexity index is 981. The molecule has 6 aliphatic rings. The standard InChI is InChI=1S/C33H57O12P/c1-28(2,3)25-11-19-32(20-12-25)42-38-30(39-43-32)15-7-23(8-16-30)27(37-46(34,35)36)24-9-17-31(18-10-24)40-44-33(45-41-31)21-13-26(14-22-33)29(4,5)6/h23-27H,7-22H2,1-6H3,(H2,34,35,36). The van der Waals surface area contributed by atoms with Crippen LogP contribution in [-0.2, 0) is 48.2 Å². The maximum atomic E-state index is 12.1. The first kappa shape index (κ1) is 35.6. The van der Waals surface area contributed by atoms with Crippen molar-refractivity contribution in [3.8, 4) is 0 Å². The third-order valence-corrected chi connectivity index (χ3v) is 12.6. The molecule has 4 spiro atoms. The molecule has 4 aliphatic carbocycles. The van der Waals surface area contributed by atoms with Crippen LogP contribution in [0.25, 0.3) is 0 Å². The van der Waals surface area contributed by atoms with Crippen molar-refractivity contribution in [2.75, 3.05) is 0 Å². The van der Waals surface area contributed by atoms with Crippen LogP contribution in [0.4, 0.5) is 0 Å². The van der Waals surface area contributed by atoms with Crippen LogP contribution in [0.2, 0.25) is 0 Å². The molecule has 2 N–H and O–H groups in total. The van der Waals surface area contributed by atoms with Gasteiger partial charge in [-0.15, -0.1) is 0 Å². The van der Waals surface area contributed by atoms with E-state index in [9.17, 15) is 14.4 Å². The fourth-order valence-corrected chi connectivity index (χ4v) is 9.37. The Balaban J connectivity index is 0.998. The Morgan fingerprint density at radius 1 is 0.522 bits per heavy atom. The second-order valence-electron chi connectivity index (χ2n) is 17.3. The zero-order chi connectivity index (χ0) is 33.1. The maximum absolute atomic E-state index is 12.1. The minimum atomic E-state index is -4.74. The van der Waals surface area contributed by atoms with Crippen molar-refractivity contribution < 1.29 is 58.0 Å². The first-order chi connectivity index (χ1) is 21.4. The Labute approximate surface area is 273 Å². The SMILES string of the molecule is CC(C)(C)C1CCC2(CC1)OOC1(CCC(C(OP(=O)(O)O)C3CCC4(CC3)OOC3(CCC(C(C)(C)C)CC3)OO4)CC1)OO2. The monoisotopic (exact) mass is 676 g/mol. The quantitative estimate of drug-likeness (QED) is 0.221. The smallest absolute Gasteiger partial charge is 0.303 e. The molecule has 2 heterocycles. The molecule has 0 aromatic heterocycles. The molecule has 0 atom stereocenters. The molecule has 0 aromatic rings. The highest BCUT2D eigenvalue weighted by Crippen LogP contribution is 2.54. The first-order valence-corrected chi connectivity index (χ1v) is 19.2. The molecule has 2 aliphatic heterocycles. The van der Waals surface area contributed by atoms with Crippen molar-refractivity contribution in [3.05, 3.63) is 0 Å². The predicted molar refractivity (Wildman–Crippen MR) is 163 cm³/mol. The molecule has 6 rings (SSSR count). The average Bonchev–Trinajstić information content (AvgIpc) is 3.00. The van der Waals surface area contributed by atoms with Crippen molar-refractivity contribution in [2.45, 2.75) is 174 Å². The molecule has 6 fully saturated rings. The lowest BCUT2D eigenvalue weighted by Gasteiger charge is -2.50. The van der Waals surface area contributed by atoms with Crippen LogP contribution in [0.1, 0.15) is 144 Å². The van der Waals surface area contributed by atoms with Crippen LogP contribution in [0.15, 0.2) is 0 Å². The summed E-state index contributed by atoms with van der Waals surface area (Å²) in [5.74, 6) is -2.87. The zero-order valence-electron chi connectivity index (χ0n) is 28.6. The van der Waals surface area contributed by atoms with Crippen LogP contribution in [0.3, 0.4) is 0 Å². The number of rotatable bonds is 4. The molecule has 46 heavy (non-hydrogen) atoms. The van der Waals surface area contributed by atoms with E-state index in [0.29, 0.717) is 88.9 Å². The van der Waals surface area contributed by atoms with Gasteiger partial charge in [-0.25, -0.2) is 4.57 Å². The van der Waals surface area contributed by atoms with E-state index >= 15 is 0 Å². The fourth-order valence-electron chi connectivity index (χ4n) is 8.71. The van der Waals surface area contributed by atoms with Gasteiger partial charge in [0.25, 0.3) is 0 Å². The minimum absolute atomic E-state index is 0.107. The molecule has 0 aromatic carbocycles. The number of phosphoric ester groups is 1. The molecule has 0 unspecified atom stereocenters. The van der Waals surface area contributed by atoms with Crippen LogP contribution in [0, 0.1) is 34.5 Å². The van der Waals surface area contributed by atoms with E-state index in [1.165, 1.54) is 0 Å². The highest BCUT2D eigenvalue weighted by molar-refractivity contribution is 7.46. The van der Waals surface area contributed by atoms with E-state index < -0.39 is 37.1 Å². The van der Waals surface area contributed by atoms with E-state index in [4.69, 9.17) is 43.6 Å². The summed E-state index contributed by atoms with van der Waals surface area (Å²) < 4.78 is 17.6. The summed E-state index contributed by atoms with van der Waals surface area (Å²) in [4.78, 5) is 67.2. The predicted octanol–water partition coefficient (Wildman–Crippen LogP) is 7.92. The molecule has 13 heteroatoms. The summed E-state index contributed by atoms with van der Waals surface area (Å²) >= 11 is 0. The van der Waals surface area contributed by atoms with E-state index in [1.54, 1.807) is 0 Å². The first-order valence-electron chi connectivity index (χ1n) is 17.6. The maximum Gasteiger partial charge on any atom is 0.469 e. The van der Waals surface area contributed by atoms with Crippen molar-refractivity contribution in [3.63, 3.8) is 0 Å². The molecule has 0 radical (unpaired) electrons. The van der Waals surface area contributed by atoms with Gasteiger partial charge in [0.15, 0.2) is 0 Å².